The minimum atomic E-state index is -0.125. The zero-order chi connectivity index (χ0) is 27.9. The lowest BCUT2D eigenvalue weighted by Crippen LogP contribution is -2.43. The summed E-state index contributed by atoms with van der Waals surface area (Å²) in [5.74, 6) is 0.0995. The third-order valence-electron chi connectivity index (χ3n) is 7.58. The molecule has 0 aliphatic carbocycles. The summed E-state index contributed by atoms with van der Waals surface area (Å²) < 4.78 is 0. The van der Waals surface area contributed by atoms with Crippen LogP contribution in [0.1, 0.15) is 50.9 Å². The molecule has 2 aliphatic heterocycles. The van der Waals surface area contributed by atoms with E-state index in [-0.39, 0.29) is 41.4 Å². The standard InChI is InChI=1S/C29H36Cl2N4O2S/c1-17(2)24-27(28(37)33(6)18(3)16-32(5)19(4)36)38-29-34(7)25(20-8-12-22(30)13-9-20)26(35(24)29)21-10-14-23(31)15-11-21/h8-15,17-18,25-26,29H,16H2,1-7H3/t18?,25-,26+,29?/m0/s1. The number of carbonyl (C=O) groups excluding carboxylic acids is 2. The highest BCUT2D eigenvalue weighted by Gasteiger charge is 2.53. The van der Waals surface area contributed by atoms with Gasteiger partial charge in [-0.25, -0.2) is 0 Å². The van der Waals surface area contributed by atoms with Gasteiger partial charge in [0.2, 0.25) is 5.91 Å². The van der Waals surface area contributed by atoms with Crippen molar-refractivity contribution in [2.24, 2.45) is 5.92 Å². The van der Waals surface area contributed by atoms with E-state index in [0.29, 0.717) is 16.6 Å². The first kappa shape index (κ1) is 28.8. The van der Waals surface area contributed by atoms with Gasteiger partial charge in [0.25, 0.3) is 5.91 Å². The molecule has 0 saturated carbocycles. The Bertz CT molecular complexity index is 1220. The molecule has 0 bridgehead atoms. The zero-order valence-corrected chi connectivity index (χ0v) is 25.3. The number of benzene rings is 2. The Balaban J connectivity index is 1.77. The van der Waals surface area contributed by atoms with E-state index in [1.807, 2.05) is 38.2 Å². The molecule has 38 heavy (non-hydrogen) atoms. The van der Waals surface area contributed by atoms with Gasteiger partial charge in [-0.1, -0.05) is 73.1 Å². The van der Waals surface area contributed by atoms with E-state index in [1.54, 1.807) is 35.5 Å². The summed E-state index contributed by atoms with van der Waals surface area (Å²) in [7, 11) is 5.71. The van der Waals surface area contributed by atoms with E-state index in [2.05, 4.69) is 55.0 Å². The number of amides is 2. The Morgan fingerprint density at radius 3 is 1.89 bits per heavy atom. The number of rotatable bonds is 7. The van der Waals surface area contributed by atoms with Crippen molar-refractivity contribution in [3.05, 3.63) is 80.3 Å². The Morgan fingerprint density at radius 1 is 0.921 bits per heavy atom. The molecule has 0 aromatic heterocycles. The largest absolute Gasteiger partial charge is 0.344 e. The number of fused-ring (bicyclic) bond motifs is 1. The molecule has 0 N–H and O–H groups in total. The fraction of sp³-hybridized carbons (Fsp3) is 0.448. The van der Waals surface area contributed by atoms with Gasteiger partial charge in [0.15, 0.2) is 0 Å². The molecule has 2 aliphatic rings. The van der Waals surface area contributed by atoms with Crippen LogP contribution in [-0.2, 0) is 9.59 Å². The highest BCUT2D eigenvalue weighted by atomic mass is 35.5. The fourth-order valence-corrected chi connectivity index (χ4v) is 7.17. The normalized spacial score (nSPS) is 22.2. The van der Waals surface area contributed by atoms with Crippen molar-refractivity contribution >= 4 is 46.8 Å². The molecule has 2 amide bonds. The van der Waals surface area contributed by atoms with E-state index < -0.39 is 0 Å². The highest BCUT2D eigenvalue weighted by molar-refractivity contribution is 8.04. The second kappa shape index (κ2) is 11.5. The van der Waals surface area contributed by atoms with Crippen LogP contribution in [0, 0.1) is 5.92 Å². The van der Waals surface area contributed by atoms with Crippen molar-refractivity contribution in [3.63, 3.8) is 0 Å². The van der Waals surface area contributed by atoms with Crippen molar-refractivity contribution in [2.75, 3.05) is 27.7 Å². The average molecular weight is 576 g/mol. The van der Waals surface area contributed by atoms with Crippen molar-refractivity contribution in [1.29, 1.82) is 0 Å². The maximum atomic E-state index is 13.9. The van der Waals surface area contributed by atoms with Crippen LogP contribution in [0.4, 0.5) is 0 Å². The summed E-state index contributed by atoms with van der Waals surface area (Å²) in [6, 6.07) is 16.0. The quantitative estimate of drug-likeness (QED) is 0.391. The summed E-state index contributed by atoms with van der Waals surface area (Å²) >= 11 is 14.1. The molecule has 9 heteroatoms. The predicted octanol–water partition coefficient (Wildman–Crippen LogP) is 6.25. The number of carbonyl (C=O) groups is 2. The molecule has 0 radical (unpaired) electrons. The second-order valence-electron chi connectivity index (χ2n) is 10.5. The van der Waals surface area contributed by atoms with Crippen molar-refractivity contribution < 1.29 is 9.59 Å². The third-order valence-corrected chi connectivity index (χ3v) is 9.47. The van der Waals surface area contributed by atoms with Crippen molar-refractivity contribution in [2.45, 2.75) is 51.3 Å². The molecular weight excluding hydrogens is 539 g/mol. The fourth-order valence-electron chi connectivity index (χ4n) is 5.35. The lowest BCUT2D eigenvalue weighted by atomic mass is 9.92. The Hall–Kier alpha value is -2.19. The predicted molar refractivity (Wildman–Crippen MR) is 157 cm³/mol. The molecule has 6 nitrogen and oxygen atoms in total. The maximum absolute atomic E-state index is 13.9. The number of hydrogen-bond donors (Lipinski definition) is 0. The van der Waals surface area contributed by atoms with Crippen LogP contribution in [0.5, 0.6) is 0 Å². The molecule has 2 aromatic rings. The summed E-state index contributed by atoms with van der Waals surface area (Å²) in [5.41, 5.74) is 3.31. The van der Waals surface area contributed by atoms with Gasteiger partial charge in [-0.05, 0) is 55.3 Å². The minimum Gasteiger partial charge on any atom is -0.344 e. The first-order valence-corrected chi connectivity index (χ1v) is 14.5. The number of hydrogen-bond acceptors (Lipinski definition) is 5. The number of allylic oxidation sites excluding steroid dienone is 1. The molecule has 1 saturated heterocycles. The van der Waals surface area contributed by atoms with Gasteiger partial charge in [-0.2, -0.15) is 0 Å². The second-order valence-corrected chi connectivity index (χ2v) is 12.5. The lowest BCUT2D eigenvalue weighted by molar-refractivity contribution is -0.131. The van der Waals surface area contributed by atoms with E-state index in [9.17, 15) is 9.59 Å². The SMILES string of the molecule is CC(=O)N(C)CC(C)N(C)C(=O)C1=C(C(C)C)N2C(S1)N(C)[C@@H](c1ccc(Cl)cc1)[C@H]2c1ccc(Cl)cc1. The molecule has 4 rings (SSSR count). The van der Waals surface area contributed by atoms with Crippen LogP contribution in [-0.4, -0.2) is 70.6 Å². The van der Waals surface area contributed by atoms with E-state index >= 15 is 0 Å². The molecular formula is C29H36Cl2N4O2S. The number of thioether (sulfide) groups is 1. The van der Waals surface area contributed by atoms with Crippen molar-refractivity contribution in [3.8, 4) is 0 Å². The Labute approximate surface area is 240 Å². The van der Waals surface area contributed by atoms with Crippen LogP contribution in [0.25, 0.3) is 0 Å². The van der Waals surface area contributed by atoms with Gasteiger partial charge in [0.05, 0.1) is 17.0 Å². The topological polar surface area (TPSA) is 47.1 Å². The van der Waals surface area contributed by atoms with Crippen LogP contribution >= 0.6 is 35.0 Å². The molecule has 2 aromatic carbocycles. The van der Waals surface area contributed by atoms with Crippen molar-refractivity contribution in [1.82, 2.24) is 19.6 Å². The number of nitrogens with zero attached hydrogens (tertiary/aromatic N) is 4. The highest BCUT2D eigenvalue weighted by Crippen LogP contribution is 2.58. The summed E-state index contributed by atoms with van der Waals surface area (Å²) in [6.45, 7) is 8.29. The van der Waals surface area contributed by atoms with Crippen LogP contribution in [0.3, 0.4) is 0 Å². The maximum Gasteiger partial charge on any atom is 0.262 e. The molecule has 0 spiro atoms. The summed E-state index contributed by atoms with van der Waals surface area (Å²) in [5, 5.41) is 1.40. The number of likely N-dealkylation sites (N-methyl/N-ethyl adjacent to an activating group) is 3. The van der Waals surface area contributed by atoms with E-state index in [4.69, 9.17) is 23.2 Å². The zero-order valence-electron chi connectivity index (χ0n) is 23.0. The van der Waals surface area contributed by atoms with Crippen LogP contribution < -0.4 is 0 Å². The molecule has 2 heterocycles. The van der Waals surface area contributed by atoms with Gasteiger partial charge in [0, 0.05) is 49.3 Å². The average Bonchev–Trinajstić information content (AvgIpc) is 3.39. The van der Waals surface area contributed by atoms with Crippen LogP contribution in [0.15, 0.2) is 59.1 Å². The summed E-state index contributed by atoms with van der Waals surface area (Å²) in [6.07, 6.45) is 0. The van der Waals surface area contributed by atoms with Gasteiger partial charge in [-0.3, -0.25) is 14.5 Å². The van der Waals surface area contributed by atoms with Gasteiger partial charge in [0.1, 0.15) is 5.50 Å². The van der Waals surface area contributed by atoms with Gasteiger partial charge >= 0.3 is 0 Å². The smallest absolute Gasteiger partial charge is 0.262 e. The Kier molecular flexibility index (Phi) is 8.72. The molecule has 4 atom stereocenters. The monoisotopic (exact) mass is 574 g/mol. The first-order chi connectivity index (χ1) is 17.9. The minimum absolute atomic E-state index is 0.0103. The first-order valence-electron chi connectivity index (χ1n) is 12.8. The number of halogens is 2. The molecule has 1 fully saturated rings. The lowest BCUT2D eigenvalue weighted by Gasteiger charge is -2.33. The van der Waals surface area contributed by atoms with E-state index in [1.165, 1.54) is 5.56 Å². The molecule has 2 unspecified atom stereocenters. The van der Waals surface area contributed by atoms with Crippen LogP contribution in [0.2, 0.25) is 10.0 Å². The van der Waals surface area contributed by atoms with Gasteiger partial charge < -0.3 is 14.7 Å². The molecule has 204 valence electrons. The summed E-state index contributed by atoms with van der Waals surface area (Å²) in [4.78, 5) is 34.7. The van der Waals surface area contributed by atoms with E-state index in [0.717, 1.165) is 16.2 Å². The third kappa shape index (κ3) is 5.44. The van der Waals surface area contributed by atoms with Gasteiger partial charge in [-0.15, -0.1) is 0 Å². The Morgan fingerprint density at radius 2 is 1.42 bits per heavy atom.